The van der Waals surface area contributed by atoms with Gasteiger partial charge in [0.15, 0.2) is 14.9 Å². The van der Waals surface area contributed by atoms with Crippen LogP contribution in [0.25, 0.3) is 0 Å². The molecule has 0 spiro atoms. The molecule has 0 aliphatic carbocycles. The van der Waals surface area contributed by atoms with Crippen LogP contribution < -0.4 is 0 Å². The molecular formula is C23H41NO2S. The van der Waals surface area contributed by atoms with Crippen LogP contribution in [-0.2, 0) is 9.84 Å². The van der Waals surface area contributed by atoms with Crippen molar-refractivity contribution >= 4 is 9.84 Å². The van der Waals surface area contributed by atoms with Crippen molar-refractivity contribution in [1.82, 2.24) is 4.98 Å². The molecule has 0 saturated carbocycles. The Balaban J connectivity index is 1.84. The first kappa shape index (κ1) is 24.1. The van der Waals surface area contributed by atoms with E-state index in [9.17, 15) is 8.42 Å². The number of unbranched alkanes of at least 4 members (excludes halogenated alkanes) is 15. The topological polar surface area (TPSA) is 47.0 Å². The minimum Gasteiger partial charge on any atom is -0.245 e. The van der Waals surface area contributed by atoms with Crippen molar-refractivity contribution < 1.29 is 8.42 Å². The zero-order chi connectivity index (χ0) is 19.6. The summed E-state index contributed by atoms with van der Waals surface area (Å²) in [6.45, 7) is 2.27. The first-order valence-corrected chi connectivity index (χ1v) is 13.0. The number of hydrogen-bond donors (Lipinski definition) is 0. The van der Waals surface area contributed by atoms with Gasteiger partial charge in [0.25, 0.3) is 0 Å². The molecule has 0 N–H and O–H groups in total. The molecule has 1 aromatic rings. The third-order valence-corrected chi connectivity index (χ3v) is 6.93. The van der Waals surface area contributed by atoms with Gasteiger partial charge in [-0.2, -0.15) is 0 Å². The molecule has 0 radical (unpaired) electrons. The van der Waals surface area contributed by atoms with Crippen LogP contribution in [0.2, 0.25) is 0 Å². The lowest BCUT2D eigenvalue weighted by atomic mass is 10.0. The van der Waals surface area contributed by atoms with Crippen LogP contribution in [0.15, 0.2) is 29.4 Å². The van der Waals surface area contributed by atoms with Gasteiger partial charge in [0, 0.05) is 6.20 Å². The number of aromatic nitrogens is 1. The first-order valence-electron chi connectivity index (χ1n) is 11.3. The molecule has 1 aromatic heterocycles. The predicted octanol–water partition coefficient (Wildman–Crippen LogP) is 7.12. The van der Waals surface area contributed by atoms with Gasteiger partial charge in [-0.3, -0.25) is 0 Å². The first-order chi connectivity index (χ1) is 13.2. The van der Waals surface area contributed by atoms with Gasteiger partial charge < -0.3 is 0 Å². The second kappa shape index (κ2) is 16.1. The highest BCUT2D eigenvalue weighted by molar-refractivity contribution is 7.91. The summed E-state index contributed by atoms with van der Waals surface area (Å²) in [4.78, 5) is 3.95. The highest BCUT2D eigenvalue weighted by atomic mass is 32.2. The average Bonchev–Trinajstić information content (AvgIpc) is 2.68. The van der Waals surface area contributed by atoms with E-state index in [-0.39, 0.29) is 10.8 Å². The van der Waals surface area contributed by atoms with E-state index in [1.165, 1.54) is 83.5 Å². The standard InChI is InChI=1S/C23H41NO2S/c1-2-3-4-5-6-7-8-9-10-11-12-13-14-15-16-19-22-27(25,26)23-20-17-18-21-24-23/h17-18,20-21H,2-16,19,22H2,1H3. The van der Waals surface area contributed by atoms with Gasteiger partial charge >= 0.3 is 0 Å². The van der Waals surface area contributed by atoms with E-state index in [0.717, 1.165) is 19.3 Å². The lowest BCUT2D eigenvalue weighted by Crippen LogP contribution is -2.08. The molecule has 1 heterocycles. The summed E-state index contributed by atoms with van der Waals surface area (Å²) in [6, 6.07) is 5.06. The summed E-state index contributed by atoms with van der Waals surface area (Å²) < 4.78 is 24.2. The molecule has 3 nitrogen and oxygen atoms in total. The second-order valence-corrected chi connectivity index (χ2v) is 9.85. The van der Waals surface area contributed by atoms with Gasteiger partial charge in [-0.15, -0.1) is 0 Å². The van der Waals surface area contributed by atoms with Gasteiger partial charge in [-0.05, 0) is 18.6 Å². The Bertz CT molecular complexity index is 543. The Labute approximate surface area is 168 Å². The lowest BCUT2D eigenvalue weighted by Gasteiger charge is -2.04. The van der Waals surface area contributed by atoms with Crippen molar-refractivity contribution in [1.29, 1.82) is 0 Å². The fourth-order valence-electron chi connectivity index (χ4n) is 3.48. The predicted molar refractivity (Wildman–Crippen MR) is 116 cm³/mol. The monoisotopic (exact) mass is 395 g/mol. The molecule has 0 bridgehead atoms. The van der Waals surface area contributed by atoms with Crippen LogP contribution in [0.1, 0.15) is 110 Å². The van der Waals surface area contributed by atoms with Gasteiger partial charge in [0.2, 0.25) is 0 Å². The van der Waals surface area contributed by atoms with Crippen molar-refractivity contribution in [3.63, 3.8) is 0 Å². The number of nitrogens with zero attached hydrogens (tertiary/aromatic N) is 1. The maximum absolute atomic E-state index is 12.1. The summed E-state index contributed by atoms with van der Waals surface area (Å²) in [5.74, 6) is 0.225. The number of rotatable bonds is 18. The van der Waals surface area contributed by atoms with Crippen LogP contribution in [0.3, 0.4) is 0 Å². The normalized spacial score (nSPS) is 11.7. The number of pyridine rings is 1. The van der Waals surface area contributed by atoms with Crippen LogP contribution in [-0.4, -0.2) is 19.2 Å². The lowest BCUT2D eigenvalue weighted by molar-refractivity contribution is 0.530. The summed E-state index contributed by atoms with van der Waals surface area (Å²) in [7, 11) is -3.19. The smallest absolute Gasteiger partial charge is 0.195 e. The molecule has 27 heavy (non-hydrogen) atoms. The van der Waals surface area contributed by atoms with Crippen molar-refractivity contribution in [2.75, 3.05) is 5.75 Å². The Kier molecular flexibility index (Phi) is 14.4. The molecule has 0 aliphatic heterocycles. The van der Waals surface area contributed by atoms with Crippen molar-refractivity contribution in [2.45, 2.75) is 115 Å². The van der Waals surface area contributed by atoms with E-state index >= 15 is 0 Å². The fourth-order valence-corrected chi connectivity index (χ4v) is 4.78. The molecule has 0 saturated heterocycles. The van der Waals surface area contributed by atoms with Crippen LogP contribution in [0.4, 0.5) is 0 Å². The van der Waals surface area contributed by atoms with E-state index < -0.39 is 9.84 Å². The Morgan fingerprint density at radius 1 is 0.667 bits per heavy atom. The van der Waals surface area contributed by atoms with Crippen LogP contribution >= 0.6 is 0 Å². The Hall–Kier alpha value is -0.900. The third-order valence-electron chi connectivity index (χ3n) is 5.22. The van der Waals surface area contributed by atoms with Gasteiger partial charge in [0.1, 0.15) is 0 Å². The Morgan fingerprint density at radius 3 is 1.52 bits per heavy atom. The highest BCUT2D eigenvalue weighted by Gasteiger charge is 2.14. The maximum atomic E-state index is 12.1. The minimum absolute atomic E-state index is 0.214. The molecule has 1 rings (SSSR count). The number of hydrogen-bond acceptors (Lipinski definition) is 3. The molecule has 0 fully saturated rings. The van der Waals surface area contributed by atoms with Crippen LogP contribution in [0.5, 0.6) is 0 Å². The largest absolute Gasteiger partial charge is 0.245 e. The summed E-state index contributed by atoms with van der Waals surface area (Å²) in [5, 5.41) is 0.214. The second-order valence-electron chi connectivity index (χ2n) is 7.79. The summed E-state index contributed by atoms with van der Waals surface area (Å²) >= 11 is 0. The number of sulfone groups is 1. The zero-order valence-electron chi connectivity index (χ0n) is 17.5. The summed E-state index contributed by atoms with van der Waals surface area (Å²) in [5.41, 5.74) is 0. The molecule has 0 aliphatic rings. The van der Waals surface area contributed by atoms with Crippen molar-refractivity contribution in [3.8, 4) is 0 Å². The zero-order valence-corrected chi connectivity index (χ0v) is 18.3. The van der Waals surface area contributed by atoms with E-state index in [1.807, 2.05) is 0 Å². The van der Waals surface area contributed by atoms with Gasteiger partial charge in [0.05, 0.1) is 5.75 Å². The van der Waals surface area contributed by atoms with Crippen molar-refractivity contribution in [2.24, 2.45) is 0 Å². The van der Waals surface area contributed by atoms with Crippen molar-refractivity contribution in [3.05, 3.63) is 24.4 Å². The fraction of sp³-hybridized carbons (Fsp3) is 0.783. The van der Waals surface area contributed by atoms with E-state index in [4.69, 9.17) is 0 Å². The minimum atomic E-state index is -3.19. The molecule has 4 heteroatoms. The molecular weight excluding hydrogens is 354 g/mol. The SMILES string of the molecule is CCCCCCCCCCCCCCCCCCS(=O)(=O)c1ccccn1. The van der Waals surface area contributed by atoms with E-state index in [1.54, 1.807) is 24.4 Å². The quantitative estimate of drug-likeness (QED) is 0.249. The molecule has 156 valence electrons. The van der Waals surface area contributed by atoms with Gasteiger partial charge in [-0.25, -0.2) is 13.4 Å². The van der Waals surface area contributed by atoms with E-state index in [2.05, 4.69) is 11.9 Å². The summed E-state index contributed by atoms with van der Waals surface area (Å²) in [6.07, 6.45) is 22.3. The maximum Gasteiger partial charge on any atom is 0.195 e. The Morgan fingerprint density at radius 2 is 1.11 bits per heavy atom. The average molecular weight is 396 g/mol. The van der Waals surface area contributed by atoms with Crippen LogP contribution in [0, 0.1) is 0 Å². The molecule has 0 unspecified atom stereocenters. The molecule has 0 amide bonds. The van der Waals surface area contributed by atoms with Gasteiger partial charge in [-0.1, -0.05) is 109 Å². The highest BCUT2D eigenvalue weighted by Crippen LogP contribution is 2.15. The molecule has 0 atom stereocenters. The van der Waals surface area contributed by atoms with E-state index in [0.29, 0.717) is 0 Å². The third kappa shape index (κ3) is 13.0. The molecule has 0 aromatic carbocycles.